The molecule has 1 heterocycles. The van der Waals surface area contributed by atoms with Crippen molar-refractivity contribution in [3.05, 3.63) is 41.7 Å². The Morgan fingerprint density at radius 3 is 2.69 bits per heavy atom. The van der Waals surface area contributed by atoms with E-state index in [4.69, 9.17) is 10.5 Å². The number of ether oxygens (including phenoxy) is 1. The monoisotopic (exact) mass is 222 g/mol. The maximum atomic E-state index is 12.6. The molecule has 0 aliphatic carbocycles. The van der Waals surface area contributed by atoms with E-state index in [2.05, 4.69) is 15.2 Å². The van der Waals surface area contributed by atoms with Crippen molar-refractivity contribution < 1.29 is 9.13 Å². The number of halogens is 1. The Balaban J connectivity index is 1.94. The van der Waals surface area contributed by atoms with Crippen molar-refractivity contribution >= 4 is 0 Å². The average molecular weight is 222 g/mol. The van der Waals surface area contributed by atoms with Crippen molar-refractivity contribution in [2.24, 2.45) is 5.73 Å². The van der Waals surface area contributed by atoms with Crippen LogP contribution in [0.3, 0.4) is 0 Å². The molecule has 2 rings (SSSR count). The molecule has 0 saturated heterocycles. The molecule has 5 nitrogen and oxygen atoms in total. The topological polar surface area (TPSA) is 76.8 Å². The van der Waals surface area contributed by atoms with Gasteiger partial charge in [-0.1, -0.05) is 0 Å². The van der Waals surface area contributed by atoms with Gasteiger partial charge in [0.25, 0.3) is 0 Å². The van der Waals surface area contributed by atoms with Crippen LogP contribution in [-0.4, -0.2) is 15.2 Å². The highest BCUT2D eigenvalue weighted by Crippen LogP contribution is 2.12. The largest absolute Gasteiger partial charge is 0.486 e. The molecule has 0 atom stereocenters. The second-order valence-corrected chi connectivity index (χ2v) is 3.15. The molecule has 0 amide bonds. The molecule has 0 bridgehead atoms. The number of aromatic nitrogens is 3. The van der Waals surface area contributed by atoms with Gasteiger partial charge >= 0.3 is 0 Å². The summed E-state index contributed by atoms with van der Waals surface area (Å²) < 4.78 is 18.0. The summed E-state index contributed by atoms with van der Waals surface area (Å²) in [6.07, 6.45) is 0. The lowest BCUT2D eigenvalue weighted by Gasteiger charge is -2.02. The highest BCUT2D eigenvalue weighted by atomic mass is 19.1. The molecule has 1 aromatic heterocycles. The van der Waals surface area contributed by atoms with Crippen LogP contribution in [0.1, 0.15) is 11.6 Å². The molecule has 0 saturated carbocycles. The number of hydrogen-bond acceptors (Lipinski definition) is 4. The minimum atomic E-state index is -0.294. The number of rotatable bonds is 4. The van der Waals surface area contributed by atoms with E-state index in [0.717, 1.165) is 0 Å². The molecule has 2 aromatic rings. The van der Waals surface area contributed by atoms with Crippen LogP contribution in [0.15, 0.2) is 24.3 Å². The number of nitrogens with one attached hydrogen (secondary N) is 1. The van der Waals surface area contributed by atoms with Crippen LogP contribution in [0.2, 0.25) is 0 Å². The van der Waals surface area contributed by atoms with Crippen molar-refractivity contribution in [1.82, 2.24) is 15.2 Å². The molecular formula is C10H11FN4O. The van der Waals surface area contributed by atoms with Crippen LogP contribution in [0.4, 0.5) is 4.39 Å². The van der Waals surface area contributed by atoms with Crippen molar-refractivity contribution in [2.75, 3.05) is 0 Å². The molecule has 84 valence electrons. The fraction of sp³-hybridized carbons (Fsp3) is 0.200. The summed E-state index contributed by atoms with van der Waals surface area (Å²) in [5.41, 5.74) is 5.36. The molecule has 0 radical (unpaired) electrons. The molecule has 16 heavy (non-hydrogen) atoms. The van der Waals surface area contributed by atoms with Gasteiger partial charge in [-0.3, -0.25) is 5.10 Å². The van der Waals surface area contributed by atoms with E-state index in [9.17, 15) is 4.39 Å². The van der Waals surface area contributed by atoms with E-state index in [1.54, 1.807) is 12.1 Å². The van der Waals surface area contributed by atoms with E-state index in [0.29, 0.717) is 17.4 Å². The van der Waals surface area contributed by atoms with E-state index >= 15 is 0 Å². The predicted molar refractivity (Wildman–Crippen MR) is 55.0 cm³/mol. The lowest BCUT2D eigenvalue weighted by molar-refractivity contribution is 0.296. The first-order valence-corrected chi connectivity index (χ1v) is 4.76. The van der Waals surface area contributed by atoms with E-state index in [1.807, 2.05) is 0 Å². The second kappa shape index (κ2) is 4.71. The molecule has 0 spiro atoms. The van der Waals surface area contributed by atoms with E-state index in [-0.39, 0.29) is 19.0 Å². The summed E-state index contributed by atoms with van der Waals surface area (Å²) in [5, 5.41) is 6.56. The number of H-pyrrole nitrogens is 1. The van der Waals surface area contributed by atoms with Crippen molar-refractivity contribution in [3.8, 4) is 5.75 Å². The summed E-state index contributed by atoms with van der Waals surface area (Å²) in [7, 11) is 0. The number of hydrogen-bond donors (Lipinski definition) is 2. The average Bonchev–Trinajstić information content (AvgIpc) is 2.76. The summed E-state index contributed by atoms with van der Waals surface area (Å²) in [4.78, 5) is 4.07. The molecular weight excluding hydrogens is 211 g/mol. The van der Waals surface area contributed by atoms with E-state index < -0.39 is 0 Å². The molecule has 0 aliphatic heterocycles. The number of aromatic amines is 1. The molecule has 0 aliphatic rings. The number of benzene rings is 1. The molecule has 3 N–H and O–H groups in total. The number of nitrogens with two attached hydrogens (primary N) is 1. The zero-order valence-electron chi connectivity index (χ0n) is 8.48. The summed E-state index contributed by atoms with van der Waals surface area (Å²) in [6.45, 7) is 0.533. The smallest absolute Gasteiger partial charge is 0.164 e. The zero-order valence-corrected chi connectivity index (χ0v) is 8.48. The van der Waals surface area contributed by atoms with Crippen molar-refractivity contribution in [2.45, 2.75) is 13.2 Å². The lowest BCUT2D eigenvalue weighted by atomic mass is 10.3. The minimum absolute atomic E-state index is 0.249. The van der Waals surface area contributed by atoms with Crippen molar-refractivity contribution in [1.29, 1.82) is 0 Å². The number of nitrogens with zero attached hydrogens (tertiary/aromatic N) is 2. The van der Waals surface area contributed by atoms with Crippen LogP contribution in [0, 0.1) is 5.82 Å². The van der Waals surface area contributed by atoms with Gasteiger partial charge in [0.05, 0.1) is 6.54 Å². The van der Waals surface area contributed by atoms with Gasteiger partial charge in [-0.15, -0.1) is 0 Å². The fourth-order valence-electron chi connectivity index (χ4n) is 1.17. The SMILES string of the molecule is NCc1n[nH]c(COc2ccc(F)cc2)n1. The van der Waals surface area contributed by atoms with Gasteiger partial charge in [0.1, 0.15) is 18.2 Å². The standard InChI is InChI=1S/C10H11FN4O/c11-7-1-3-8(4-2-7)16-6-10-13-9(5-12)14-15-10/h1-4H,5-6,12H2,(H,13,14,15). The molecule has 1 aromatic carbocycles. The zero-order chi connectivity index (χ0) is 11.4. The van der Waals surface area contributed by atoms with Gasteiger partial charge in [0.2, 0.25) is 0 Å². The van der Waals surface area contributed by atoms with Gasteiger partial charge in [-0.05, 0) is 24.3 Å². The van der Waals surface area contributed by atoms with Gasteiger partial charge in [0.15, 0.2) is 11.6 Å². The Hall–Kier alpha value is -1.95. The third-order valence-electron chi connectivity index (χ3n) is 1.95. The Labute approximate surface area is 91.5 Å². The Kier molecular flexibility index (Phi) is 3.11. The van der Waals surface area contributed by atoms with Crippen LogP contribution in [0.5, 0.6) is 5.75 Å². The fourth-order valence-corrected chi connectivity index (χ4v) is 1.17. The molecule has 0 unspecified atom stereocenters. The normalized spacial score (nSPS) is 10.4. The van der Waals surface area contributed by atoms with Crippen LogP contribution in [-0.2, 0) is 13.2 Å². The van der Waals surface area contributed by atoms with Gasteiger partial charge in [-0.25, -0.2) is 9.37 Å². The van der Waals surface area contributed by atoms with Crippen molar-refractivity contribution in [3.63, 3.8) is 0 Å². The highest BCUT2D eigenvalue weighted by Gasteiger charge is 2.02. The first-order valence-electron chi connectivity index (χ1n) is 4.76. The maximum Gasteiger partial charge on any atom is 0.164 e. The maximum absolute atomic E-state index is 12.6. The van der Waals surface area contributed by atoms with E-state index in [1.165, 1.54) is 12.1 Å². The first kappa shape index (κ1) is 10.6. The van der Waals surface area contributed by atoms with Crippen LogP contribution < -0.4 is 10.5 Å². The molecule has 0 fully saturated rings. The summed E-state index contributed by atoms with van der Waals surface area (Å²) in [5.74, 6) is 1.41. The Morgan fingerprint density at radius 2 is 2.06 bits per heavy atom. The van der Waals surface area contributed by atoms with Gasteiger partial charge in [-0.2, -0.15) is 5.10 Å². The first-order chi connectivity index (χ1) is 7.78. The van der Waals surface area contributed by atoms with Crippen LogP contribution >= 0.6 is 0 Å². The minimum Gasteiger partial charge on any atom is -0.486 e. The Morgan fingerprint density at radius 1 is 1.31 bits per heavy atom. The summed E-state index contributed by atoms with van der Waals surface area (Å²) in [6, 6.07) is 5.77. The van der Waals surface area contributed by atoms with Crippen LogP contribution in [0.25, 0.3) is 0 Å². The van der Waals surface area contributed by atoms with Gasteiger partial charge < -0.3 is 10.5 Å². The van der Waals surface area contributed by atoms with Gasteiger partial charge in [0, 0.05) is 0 Å². The quantitative estimate of drug-likeness (QED) is 0.808. The Bertz CT molecular complexity index is 454. The third kappa shape index (κ3) is 2.54. The highest BCUT2D eigenvalue weighted by molar-refractivity contribution is 5.22. The summed E-state index contributed by atoms with van der Waals surface area (Å²) >= 11 is 0. The third-order valence-corrected chi connectivity index (χ3v) is 1.95. The molecule has 6 heteroatoms. The predicted octanol–water partition coefficient (Wildman–Crippen LogP) is 0.981. The lowest BCUT2D eigenvalue weighted by Crippen LogP contribution is -2.00. The second-order valence-electron chi connectivity index (χ2n) is 3.15.